The Hall–Kier alpha value is -3.07. The molecule has 0 aliphatic rings. The van der Waals surface area contributed by atoms with Crippen LogP contribution in [0.15, 0.2) is 55.0 Å². The molecule has 3 heteroatoms. The Morgan fingerprint density at radius 1 is 0.906 bits per heavy atom. The van der Waals surface area contributed by atoms with E-state index < -0.39 is 0 Å². The number of fused-ring (bicyclic) bond motifs is 1. The Balaban J connectivity index is 1.89. The van der Waals surface area contributed by atoms with E-state index in [1.54, 1.807) is 0 Å². The smallest absolute Gasteiger partial charge is 0.220 e. The topological polar surface area (TPSA) is 29.7 Å². The molecule has 0 atom stereocenters. The molecule has 4 rings (SSSR count). The van der Waals surface area contributed by atoms with Crippen LogP contribution in [0.25, 0.3) is 33.3 Å². The molecule has 2 heterocycles. The zero-order valence-corrected chi connectivity index (χ0v) is 20.6. The number of hydrogen-bond acceptors (Lipinski definition) is 2. The fraction of sp³-hybridized carbons (Fsp3) is 0.345. The van der Waals surface area contributed by atoms with Crippen molar-refractivity contribution in [1.29, 1.82) is 0 Å². The molecule has 0 saturated heterocycles. The summed E-state index contributed by atoms with van der Waals surface area (Å²) in [5, 5.41) is 2.46. The van der Waals surface area contributed by atoms with E-state index >= 15 is 0 Å². The predicted molar refractivity (Wildman–Crippen MR) is 134 cm³/mol. The molecule has 0 fully saturated rings. The second-order valence-corrected chi connectivity index (χ2v) is 10.3. The SMILES string of the molecule is Cc1cc(C(C)(C)C)cc(-c2c3ccc(-c4cnc(C(C)C)cn4)cc3cc[n+]2C)c1C. The Labute approximate surface area is 192 Å². The summed E-state index contributed by atoms with van der Waals surface area (Å²) >= 11 is 0. The van der Waals surface area contributed by atoms with E-state index in [0.29, 0.717) is 5.92 Å². The minimum atomic E-state index is 0.102. The van der Waals surface area contributed by atoms with Gasteiger partial charge in [-0.2, -0.15) is 0 Å². The van der Waals surface area contributed by atoms with Crippen molar-refractivity contribution in [2.45, 2.75) is 59.8 Å². The summed E-state index contributed by atoms with van der Waals surface area (Å²) in [5.74, 6) is 0.381. The summed E-state index contributed by atoms with van der Waals surface area (Å²) in [7, 11) is 2.14. The normalized spacial score (nSPS) is 12.0. The van der Waals surface area contributed by atoms with Crippen molar-refractivity contribution in [3.63, 3.8) is 0 Å². The minimum Gasteiger partial charge on any atom is -0.257 e. The molecule has 2 aromatic heterocycles. The third kappa shape index (κ3) is 4.04. The molecule has 0 N–H and O–H groups in total. The van der Waals surface area contributed by atoms with E-state index in [4.69, 9.17) is 0 Å². The highest BCUT2D eigenvalue weighted by molar-refractivity contribution is 5.96. The fourth-order valence-corrected chi connectivity index (χ4v) is 4.19. The first-order valence-electron chi connectivity index (χ1n) is 11.4. The minimum absolute atomic E-state index is 0.102. The quantitative estimate of drug-likeness (QED) is 0.338. The van der Waals surface area contributed by atoms with Crippen molar-refractivity contribution in [1.82, 2.24) is 9.97 Å². The Kier molecular flexibility index (Phi) is 5.62. The molecule has 0 radical (unpaired) electrons. The standard InChI is InChI=1S/C29H34N3/c1-18(2)26-16-31-27(17-30-26)22-9-10-24-21(14-22)11-12-32(8)28(24)25-15-23(29(5,6)7)13-19(3)20(25)4/h9-18H,1-8H3/q+1. The number of rotatable bonds is 3. The van der Waals surface area contributed by atoms with Crippen LogP contribution in [0.3, 0.4) is 0 Å². The van der Waals surface area contributed by atoms with E-state index in [9.17, 15) is 0 Å². The maximum Gasteiger partial charge on any atom is 0.220 e. The van der Waals surface area contributed by atoms with Crippen molar-refractivity contribution in [3.05, 3.63) is 77.4 Å². The van der Waals surface area contributed by atoms with Crippen LogP contribution in [0.5, 0.6) is 0 Å². The highest BCUT2D eigenvalue weighted by Gasteiger charge is 2.22. The molecule has 0 saturated carbocycles. The highest BCUT2D eigenvalue weighted by atomic mass is 14.9. The number of aryl methyl sites for hydroxylation is 2. The van der Waals surface area contributed by atoms with Crippen LogP contribution in [-0.4, -0.2) is 9.97 Å². The zero-order chi connectivity index (χ0) is 23.2. The molecule has 164 valence electrons. The fourth-order valence-electron chi connectivity index (χ4n) is 4.19. The lowest BCUT2D eigenvalue weighted by molar-refractivity contribution is -0.659. The van der Waals surface area contributed by atoms with Crippen LogP contribution in [-0.2, 0) is 12.5 Å². The van der Waals surface area contributed by atoms with Gasteiger partial charge in [0.2, 0.25) is 5.69 Å². The van der Waals surface area contributed by atoms with Crippen molar-refractivity contribution in [3.8, 4) is 22.5 Å². The van der Waals surface area contributed by atoms with Gasteiger partial charge in [-0.15, -0.1) is 0 Å². The van der Waals surface area contributed by atoms with Gasteiger partial charge in [0, 0.05) is 17.8 Å². The molecule has 0 spiro atoms. The molecule has 0 aliphatic carbocycles. The average molecular weight is 425 g/mol. The van der Waals surface area contributed by atoms with Crippen molar-refractivity contribution < 1.29 is 4.57 Å². The van der Waals surface area contributed by atoms with E-state index in [1.807, 2.05) is 12.4 Å². The van der Waals surface area contributed by atoms with Crippen LogP contribution >= 0.6 is 0 Å². The average Bonchev–Trinajstić information content (AvgIpc) is 2.75. The first-order valence-corrected chi connectivity index (χ1v) is 11.4. The van der Waals surface area contributed by atoms with Gasteiger partial charge >= 0.3 is 0 Å². The monoisotopic (exact) mass is 424 g/mol. The van der Waals surface area contributed by atoms with Crippen LogP contribution < -0.4 is 4.57 Å². The summed E-state index contributed by atoms with van der Waals surface area (Å²) in [5.41, 5.74) is 9.72. The second kappa shape index (κ2) is 8.12. The van der Waals surface area contributed by atoms with Gasteiger partial charge in [0.15, 0.2) is 6.20 Å². The second-order valence-electron chi connectivity index (χ2n) is 10.3. The molecular formula is C29H34N3+. The molecule has 32 heavy (non-hydrogen) atoms. The largest absolute Gasteiger partial charge is 0.257 e. The first-order chi connectivity index (χ1) is 15.1. The lowest BCUT2D eigenvalue weighted by atomic mass is 9.83. The van der Waals surface area contributed by atoms with Crippen LogP contribution in [0.4, 0.5) is 0 Å². The highest BCUT2D eigenvalue weighted by Crippen LogP contribution is 2.35. The molecule has 2 aromatic carbocycles. The lowest BCUT2D eigenvalue weighted by Gasteiger charge is -2.22. The number of pyridine rings is 1. The van der Waals surface area contributed by atoms with Gasteiger partial charge in [-0.05, 0) is 65.5 Å². The van der Waals surface area contributed by atoms with Gasteiger partial charge in [0.25, 0.3) is 0 Å². The number of nitrogens with zero attached hydrogens (tertiary/aromatic N) is 3. The number of hydrogen-bond donors (Lipinski definition) is 0. The van der Waals surface area contributed by atoms with Crippen molar-refractivity contribution >= 4 is 10.8 Å². The Morgan fingerprint density at radius 3 is 2.28 bits per heavy atom. The Morgan fingerprint density at radius 2 is 1.66 bits per heavy atom. The summed E-state index contributed by atoms with van der Waals surface area (Å²) in [6.45, 7) is 15.6. The van der Waals surface area contributed by atoms with Crippen molar-refractivity contribution in [2.24, 2.45) is 7.05 Å². The van der Waals surface area contributed by atoms with Crippen LogP contribution in [0.2, 0.25) is 0 Å². The lowest BCUT2D eigenvalue weighted by Crippen LogP contribution is -2.31. The summed E-state index contributed by atoms with van der Waals surface area (Å²) in [6, 6.07) is 13.5. The maximum atomic E-state index is 4.67. The predicted octanol–water partition coefficient (Wildman–Crippen LogP) is 6.83. The van der Waals surface area contributed by atoms with E-state index in [-0.39, 0.29) is 5.41 Å². The van der Waals surface area contributed by atoms with Gasteiger partial charge in [0.1, 0.15) is 7.05 Å². The first kappa shape index (κ1) is 22.1. The molecular weight excluding hydrogens is 390 g/mol. The van der Waals surface area contributed by atoms with Crippen molar-refractivity contribution in [2.75, 3.05) is 0 Å². The van der Waals surface area contributed by atoms with E-state index in [2.05, 4.69) is 113 Å². The number of benzene rings is 2. The summed E-state index contributed by atoms with van der Waals surface area (Å²) < 4.78 is 2.24. The third-order valence-electron chi connectivity index (χ3n) is 6.48. The molecule has 0 amide bonds. The summed E-state index contributed by atoms with van der Waals surface area (Å²) in [4.78, 5) is 9.27. The molecule has 0 aliphatic heterocycles. The van der Waals surface area contributed by atoms with Gasteiger partial charge in [-0.3, -0.25) is 9.97 Å². The van der Waals surface area contributed by atoms with Gasteiger partial charge in [0.05, 0.1) is 28.5 Å². The van der Waals surface area contributed by atoms with Crippen LogP contribution in [0.1, 0.15) is 62.9 Å². The maximum absolute atomic E-state index is 4.67. The van der Waals surface area contributed by atoms with Crippen LogP contribution in [0, 0.1) is 13.8 Å². The molecule has 4 aromatic rings. The zero-order valence-electron chi connectivity index (χ0n) is 20.6. The van der Waals surface area contributed by atoms with E-state index in [0.717, 1.165) is 17.0 Å². The molecule has 3 nitrogen and oxygen atoms in total. The third-order valence-corrected chi connectivity index (χ3v) is 6.48. The summed E-state index contributed by atoms with van der Waals surface area (Å²) in [6.07, 6.45) is 5.94. The van der Waals surface area contributed by atoms with Gasteiger partial charge < -0.3 is 0 Å². The molecule has 0 bridgehead atoms. The van der Waals surface area contributed by atoms with E-state index in [1.165, 1.54) is 38.7 Å². The van der Waals surface area contributed by atoms with Gasteiger partial charge in [-0.1, -0.05) is 46.8 Å². The Bertz CT molecular complexity index is 1290. The van der Waals surface area contributed by atoms with Gasteiger partial charge in [-0.25, -0.2) is 4.57 Å². The number of aromatic nitrogens is 3. The molecule has 0 unspecified atom stereocenters.